The number of aryl methyl sites for hydroxylation is 4. The molecule has 6 rings (SSSR count). The molecule has 0 atom stereocenters. The number of hydrogen-bond acceptors (Lipinski definition) is 1. The SMILES string of the molecule is Nc1cc2c(c3ccccc13)-c1c(ccc3c1-c1ccccc1CC3)CC2. The highest BCUT2D eigenvalue weighted by atomic mass is 14.6. The van der Waals surface area contributed by atoms with E-state index >= 15 is 0 Å². The second kappa shape index (κ2) is 5.47. The first kappa shape index (κ1) is 15.0. The van der Waals surface area contributed by atoms with E-state index in [1.807, 2.05) is 0 Å². The molecule has 130 valence electrons. The fourth-order valence-electron chi connectivity index (χ4n) is 5.18. The normalized spacial score (nSPS) is 14.2. The Morgan fingerprint density at radius 3 is 2.00 bits per heavy atom. The number of nitrogen functional groups attached to an aromatic ring is 1. The van der Waals surface area contributed by atoms with Crippen molar-refractivity contribution < 1.29 is 0 Å². The van der Waals surface area contributed by atoms with Gasteiger partial charge in [-0.2, -0.15) is 0 Å². The van der Waals surface area contributed by atoms with Crippen LogP contribution < -0.4 is 5.73 Å². The van der Waals surface area contributed by atoms with Crippen molar-refractivity contribution in [2.75, 3.05) is 5.73 Å². The Kier molecular flexibility index (Phi) is 3.05. The Balaban J connectivity index is 1.78. The Labute approximate surface area is 159 Å². The molecule has 0 spiro atoms. The lowest BCUT2D eigenvalue weighted by Crippen LogP contribution is -2.12. The van der Waals surface area contributed by atoms with Crippen LogP contribution in [0.1, 0.15) is 22.3 Å². The minimum Gasteiger partial charge on any atom is -0.398 e. The van der Waals surface area contributed by atoms with Crippen LogP contribution >= 0.6 is 0 Å². The lowest BCUT2D eigenvalue weighted by molar-refractivity contribution is 0.918. The van der Waals surface area contributed by atoms with Crippen LogP contribution in [-0.2, 0) is 25.7 Å². The molecule has 0 amide bonds. The third-order valence-electron chi connectivity index (χ3n) is 6.40. The van der Waals surface area contributed by atoms with Crippen LogP contribution in [0, 0.1) is 0 Å². The quantitative estimate of drug-likeness (QED) is 0.391. The zero-order valence-corrected chi connectivity index (χ0v) is 15.3. The molecule has 0 aliphatic heterocycles. The summed E-state index contributed by atoms with van der Waals surface area (Å²) in [6.07, 6.45) is 4.42. The fraction of sp³-hybridized carbons (Fsp3) is 0.154. The van der Waals surface area contributed by atoms with Gasteiger partial charge in [-0.25, -0.2) is 0 Å². The fourth-order valence-corrected chi connectivity index (χ4v) is 5.18. The van der Waals surface area contributed by atoms with E-state index in [4.69, 9.17) is 5.73 Å². The zero-order chi connectivity index (χ0) is 18.0. The molecule has 2 aliphatic carbocycles. The largest absolute Gasteiger partial charge is 0.398 e. The molecule has 0 saturated carbocycles. The van der Waals surface area contributed by atoms with Gasteiger partial charge in [0.1, 0.15) is 0 Å². The molecule has 1 nitrogen and oxygen atoms in total. The molecule has 0 heterocycles. The van der Waals surface area contributed by atoms with Crippen molar-refractivity contribution in [2.45, 2.75) is 25.7 Å². The second-order valence-corrected chi connectivity index (χ2v) is 7.84. The van der Waals surface area contributed by atoms with Crippen molar-refractivity contribution in [3.8, 4) is 22.3 Å². The minimum atomic E-state index is 0.901. The smallest absolute Gasteiger partial charge is 0.0396 e. The second-order valence-electron chi connectivity index (χ2n) is 7.84. The number of rotatable bonds is 0. The van der Waals surface area contributed by atoms with Crippen LogP contribution in [0.15, 0.2) is 66.7 Å². The first-order chi connectivity index (χ1) is 13.3. The van der Waals surface area contributed by atoms with Gasteiger partial charge in [0, 0.05) is 11.1 Å². The molecule has 0 bridgehead atoms. The van der Waals surface area contributed by atoms with Gasteiger partial charge in [0.2, 0.25) is 0 Å². The number of hydrogen-bond donors (Lipinski definition) is 1. The van der Waals surface area contributed by atoms with Gasteiger partial charge in [-0.15, -0.1) is 0 Å². The molecule has 2 N–H and O–H groups in total. The van der Waals surface area contributed by atoms with Gasteiger partial charge >= 0.3 is 0 Å². The molecule has 4 aromatic rings. The molecule has 0 aromatic heterocycles. The Bertz CT molecular complexity index is 1230. The molecule has 0 radical (unpaired) electrons. The molecule has 0 fully saturated rings. The van der Waals surface area contributed by atoms with E-state index in [9.17, 15) is 0 Å². The van der Waals surface area contributed by atoms with E-state index in [0.717, 1.165) is 31.4 Å². The van der Waals surface area contributed by atoms with Crippen LogP contribution in [0.3, 0.4) is 0 Å². The van der Waals surface area contributed by atoms with Crippen molar-refractivity contribution in [1.82, 2.24) is 0 Å². The van der Waals surface area contributed by atoms with Crippen LogP contribution in [0.4, 0.5) is 5.69 Å². The molecule has 27 heavy (non-hydrogen) atoms. The van der Waals surface area contributed by atoms with E-state index < -0.39 is 0 Å². The van der Waals surface area contributed by atoms with Crippen molar-refractivity contribution in [1.29, 1.82) is 0 Å². The van der Waals surface area contributed by atoms with Crippen molar-refractivity contribution in [3.63, 3.8) is 0 Å². The standard InChI is InChI=1S/C26H21N/c27-23-15-19-14-13-18-12-11-17-10-9-16-5-1-2-6-20(16)24(17)26(18)25(19)22-8-4-3-7-21(22)23/h1-8,11-12,15H,9-10,13-14,27H2. The van der Waals surface area contributed by atoms with Gasteiger partial charge in [0.15, 0.2) is 0 Å². The highest BCUT2D eigenvalue weighted by Gasteiger charge is 2.27. The van der Waals surface area contributed by atoms with Gasteiger partial charge in [-0.05, 0) is 81.6 Å². The van der Waals surface area contributed by atoms with Crippen molar-refractivity contribution in [2.24, 2.45) is 0 Å². The van der Waals surface area contributed by atoms with Crippen LogP contribution in [0.2, 0.25) is 0 Å². The Hall–Kier alpha value is -3.06. The minimum absolute atomic E-state index is 0.901. The lowest BCUT2D eigenvalue weighted by Gasteiger charge is -2.30. The summed E-state index contributed by atoms with van der Waals surface area (Å²) in [6.45, 7) is 0. The number of fused-ring (bicyclic) bond motifs is 9. The highest BCUT2D eigenvalue weighted by Crippen LogP contribution is 2.48. The summed E-state index contributed by atoms with van der Waals surface area (Å²) in [5.74, 6) is 0. The summed E-state index contributed by atoms with van der Waals surface area (Å²) in [6, 6.07) is 24.5. The molecule has 4 aromatic carbocycles. The van der Waals surface area contributed by atoms with E-state index in [1.165, 1.54) is 55.3 Å². The third-order valence-corrected chi connectivity index (χ3v) is 6.40. The Morgan fingerprint density at radius 1 is 0.519 bits per heavy atom. The molecule has 2 aliphatic rings. The molecule has 1 heteroatoms. The average Bonchev–Trinajstić information content (AvgIpc) is 2.73. The van der Waals surface area contributed by atoms with Gasteiger partial charge in [-0.1, -0.05) is 60.7 Å². The maximum atomic E-state index is 6.41. The third kappa shape index (κ3) is 2.06. The Morgan fingerprint density at radius 2 is 1.15 bits per heavy atom. The summed E-state index contributed by atoms with van der Waals surface area (Å²) in [5, 5.41) is 2.47. The highest BCUT2D eigenvalue weighted by molar-refractivity contribution is 6.08. The summed E-state index contributed by atoms with van der Waals surface area (Å²) in [5.41, 5.74) is 18.9. The first-order valence-electron chi connectivity index (χ1n) is 9.85. The first-order valence-corrected chi connectivity index (χ1v) is 9.85. The van der Waals surface area contributed by atoms with E-state index in [1.54, 1.807) is 0 Å². The molecular weight excluding hydrogens is 326 g/mol. The van der Waals surface area contributed by atoms with Crippen LogP contribution in [0.25, 0.3) is 33.0 Å². The summed E-state index contributed by atoms with van der Waals surface area (Å²) >= 11 is 0. The van der Waals surface area contributed by atoms with Gasteiger partial charge in [0.25, 0.3) is 0 Å². The van der Waals surface area contributed by atoms with Crippen molar-refractivity contribution >= 4 is 16.5 Å². The average molecular weight is 347 g/mol. The van der Waals surface area contributed by atoms with E-state index in [0.29, 0.717) is 0 Å². The molecule has 0 saturated heterocycles. The molecular formula is C26H21N. The topological polar surface area (TPSA) is 26.0 Å². The maximum absolute atomic E-state index is 6.41. The van der Waals surface area contributed by atoms with E-state index in [-0.39, 0.29) is 0 Å². The predicted molar refractivity (Wildman–Crippen MR) is 114 cm³/mol. The monoisotopic (exact) mass is 347 g/mol. The maximum Gasteiger partial charge on any atom is 0.0396 e. The summed E-state index contributed by atoms with van der Waals surface area (Å²) in [7, 11) is 0. The summed E-state index contributed by atoms with van der Waals surface area (Å²) < 4.78 is 0. The zero-order valence-electron chi connectivity index (χ0n) is 15.3. The number of anilines is 1. The van der Waals surface area contributed by atoms with Gasteiger partial charge in [0.05, 0.1) is 0 Å². The van der Waals surface area contributed by atoms with Gasteiger partial charge in [-0.3, -0.25) is 0 Å². The van der Waals surface area contributed by atoms with Crippen molar-refractivity contribution in [3.05, 3.63) is 89.0 Å². The van der Waals surface area contributed by atoms with E-state index in [2.05, 4.69) is 66.7 Å². The molecule has 0 unspecified atom stereocenters. The predicted octanol–water partition coefficient (Wildman–Crippen LogP) is 5.95. The van der Waals surface area contributed by atoms with Crippen LogP contribution in [0.5, 0.6) is 0 Å². The summed E-state index contributed by atoms with van der Waals surface area (Å²) in [4.78, 5) is 0. The number of benzene rings is 4. The van der Waals surface area contributed by atoms with Crippen LogP contribution in [-0.4, -0.2) is 0 Å². The lowest BCUT2D eigenvalue weighted by atomic mass is 9.74. The number of nitrogens with two attached hydrogens (primary N) is 1. The van der Waals surface area contributed by atoms with Gasteiger partial charge < -0.3 is 5.73 Å².